The minimum absolute atomic E-state index is 0.0374. The maximum Gasteiger partial charge on any atom is 0.309 e. The number of carbonyl (C=O) groups is 1. The number of ether oxygens (including phenoxy) is 2. The van der Waals surface area contributed by atoms with Crippen LogP contribution in [-0.2, 0) is 14.3 Å². The fraction of sp³-hybridized carbons (Fsp3) is 0.933. The minimum atomic E-state index is -0.666. The summed E-state index contributed by atoms with van der Waals surface area (Å²) < 4.78 is 11.6. The van der Waals surface area contributed by atoms with Crippen molar-refractivity contribution in [3.63, 3.8) is 0 Å². The molecular formula is C15H26O4. The first-order valence-corrected chi connectivity index (χ1v) is 7.55. The number of carboxylic acid groups (broad SMARTS) is 1. The number of aliphatic carboxylic acids is 1. The predicted molar refractivity (Wildman–Crippen MR) is 71.8 cm³/mol. The van der Waals surface area contributed by atoms with Crippen LogP contribution in [0.4, 0.5) is 0 Å². The molecule has 3 atom stereocenters. The Morgan fingerprint density at radius 2 is 2.11 bits per heavy atom. The van der Waals surface area contributed by atoms with E-state index in [0.717, 1.165) is 45.1 Å². The Morgan fingerprint density at radius 1 is 1.32 bits per heavy atom. The van der Waals surface area contributed by atoms with E-state index in [-0.39, 0.29) is 18.3 Å². The highest BCUT2D eigenvalue weighted by atomic mass is 16.7. The molecule has 1 N–H and O–H groups in total. The molecule has 1 saturated heterocycles. The van der Waals surface area contributed by atoms with E-state index in [1.165, 1.54) is 0 Å². The maximum absolute atomic E-state index is 11.7. The summed E-state index contributed by atoms with van der Waals surface area (Å²) in [6.07, 6.45) is 6.40. The van der Waals surface area contributed by atoms with Gasteiger partial charge in [-0.25, -0.2) is 0 Å². The molecule has 1 aliphatic heterocycles. The van der Waals surface area contributed by atoms with Gasteiger partial charge in [-0.05, 0) is 50.9 Å². The van der Waals surface area contributed by atoms with Crippen LogP contribution in [0.3, 0.4) is 0 Å². The van der Waals surface area contributed by atoms with Crippen molar-refractivity contribution < 1.29 is 19.4 Å². The quantitative estimate of drug-likeness (QED) is 0.852. The second-order valence-corrected chi connectivity index (χ2v) is 6.27. The van der Waals surface area contributed by atoms with Gasteiger partial charge in [-0.2, -0.15) is 0 Å². The summed E-state index contributed by atoms with van der Waals surface area (Å²) in [5.41, 5.74) is -0.614. The molecule has 19 heavy (non-hydrogen) atoms. The fourth-order valence-corrected chi connectivity index (χ4v) is 3.37. The third-order valence-electron chi connectivity index (χ3n) is 4.75. The molecule has 1 heterocycles. The Balaban J connectivity index is 1.97. The summed E-state index contributed by atoms with van der Waals surface area (Å²) in [6, 6.07) is 0. The van der Waals surface area contributed by atoms with Crippen molar-refractivity contribution in [2.75, 3.05) is 6.61 Å². The third kappa shape index (κ3) is 3.29. The Kier molecular flexibility index (Phi) is 4.85. The van der Waals surface area contributed by atoms with Crippen LogP contribution in [0, 0.1) is 11.3 Å². The van der Waals surface area contributed by atoms with Gasteiger partial charge in [0, 0.05) is 6.61 Å². The van der Waals surface area contributed by atoms with Crippen molar-refractivity contribution in [1.82, 2.24) is 0 Å². The molecule has 0 aromatic heterocycles. The predicted octanol–water partition coefficient (Wildman–Crippen LogP) is 3.20. The first-order chi connectivity index (χ1) is 9.04. The van der Waals surface area contributed by atoms with Gasteiger partial charge in [-0.3, -0.25) is 4.79 Å². The average molecular weight is 270 g/mol. The van der Waals surface area contributed by atoms with Crippen LogP contribution >= 0.6 is 0 Å². The summed E-state index contributed by atoms with van der Waals surface area (Å²) >= 11 is 0. The van der Waals surface area contributed by atoms with Crippen LogP contribution in [0.2, 0.25) is 0 Å². The highest BCUT2D eigenvalue weighted by Gasteiger charge is 2.46. The Hall–Kier alpha value is -0.610. The lowest BCUT2D eigenvalue weighted by atomic mass is 9.66. The van der Waals surface area contributed by atoms with Crippen LogP contribution in [0.15, 0.2) is 0 Å². The highest BCUT2D eigenvalue weighted by Crippen LogP contribution is 2.44. The van der Waals surface area contributed by atoms with Gasteiger partial charge in [-0.15, -0.1) is 0 Å². The zero-order chi connectivity index (χ0) is 13.9. The molecule has 110 valence electrons. The van der Waals surface area contributed by atoms with Gasteiger partial charge in [0.05, 0.1) is 11.5 Å². The van der Waals surface area contributed by atoms with Gasteiger partial charge in [0.1, 0.15) is 0 Å². The lowest BCUT2D eigenvalue weighted by Gasteiger charge is -2.41. The molecule has 4 heteroatoms. The molecule has 4 nitrogen and oxygen atoms in total. The van der Waals surface area contributed by atoms with E-state index in [0.29, 0.717) is 6.42 Å². The van der Waals surface area contributed by atoms with E-state index in [4.69, 9.17) is 9.47 Å². The average Bonchev–Trinajstić information content (AvgIpc) is 2.39. The topological polar surface area (TPSA) is 55.8 Å². The van der Waals surface area contributed by atoms with Crippen molar-refractivity contribution in [2.24, 2.45) is 11.3 Å². The summed E-state index contributed by atoms with van der Waals surface area (Å²) in [5.74, 6) is -0.524. The van der Waals surface area contributed by atoms with E-state index >= 15 is 0 Å². The number of rotatable bonds is 4. The molecular weight excluding hydrogens is 244 g/mol. The van der Waals surface area contributed by atoms with Gasteiger partial charge in [0.25, 0.3) is 0 Å². The summed E-state index contributed by atoms with van der Waals surface area (Å²) in [7, 11) is 0. The maximum atomic E-state index is 11.7. The van der Waals surface area contributed by atoms with Crippen LogP contribution in [0.1, 0.15) is 58.8 Å². The molecule has 0 aromatic rings. The van der Waals surface area contributed by atoms with Gasteiger partial charge >= 0.3 is 5.97 Å². The first-order valence-electron chi connectivity index (χ1n) is 7.55. The zero-order valence-corrected chi connectivity index (χ0v) is 12.1. The van der Waals surface area contributed by atoms with Crippen molar-refractivity contribution in [3.8, 4) is 0 Å². The molecule has 2 aliphatic rings. The summed E-state index contributed by atoms with van der Waals surface area (Å²) in [6.45, 7) is 4.78. The molecule has 2 rings (SSSR count). The van der Waals surface area contributed by atoms with Crippen LogP contribution in [0.5, 0.6) is 0 Å². The van der Waals surface area contributed by atoms with Gasteiger partial charge in [-0.1, -0.05) is 13.8 Å². The van der Waals surface area contributed by atoms with Crippen LogP contribution < -0.4 is 0 Å². The van der Waals surface area contributed by atoms with Gasteiger partial charge in [0.15, 0.2) is 6.29 Å². The van der Waals surface area contributed by atoms with Crippen LogP contribution in [0.25, 0.3) is 0 Å². The van der Waals surface area contributed by atoms with Crippen molar-refractivity contribution in [3.05, 3.63) is 0 Å². The van der Waals surface area contributed by atoms with Gasteiger partial charge < -0.3 is 14.6 Å². The standard InChI is InChI=1S/C15H26O4/c1-11(2)15(14(16)17)8-5-6-12(10-15)19-13-7-3-4-9-18-13/h11-13H,3-10H2,1-2H3,(H,16,17)/t12-,13?,15+/m0/s1. The summed E-state index contributed by atoms with van der Waals surface area (Å²) in [4.78, 5) is 11.7. The second-order valence-electron chi connectivity index (χ2n) is 6.27. The van der Waals surface area contributed by atoms with E-state index < -0.39 is 11.4 Å². The third-order valence-corrected chi connectivity index (χ3v) is 4.75. The molecule has 2 fully saturated rings. The van der Waals surface area contributed by atoms with E-state index in [1.807, 2.05) is 13.8 Å². The molecule has 0 aromatic carbocycles. The smallest absolute Gasteiger partial charge is 0.309 e. The van der Waals surface area contributed by atoms with E-state index in [9.17, 15) is 9.90 Å². The Bertz CT molecular complexity index is 309. The highest BCUT2D eigenvalue weighted by molar-refractivity contribution is 5.75. The molecule has 0 bridgehead atoms. The van der Waals surface area contributed by atoms with E-state index in [2.05, 4.69) is 0 Å². The number of hydrogen-bond donors (Lipinski definition) is 1. The minimum Gasteiger partial charge on any atom is -0.481 e. The second kappa shape index (κ2) is 6.23. The Labute approximate surface area is 115 Å². The summed E-state index contributed by atoms with van der Waals surface area (Å²) in [5, 5.41) is 9.60. The molecule has 0 radical (unpaired) electrons. The van der Waals surface area contributed by atoms with Crippen molar-refractivity contribution >= 4 is 5.97 Å². The molecule has 0 amide bonds. The van der Waals surface area contributed by atoms with Crippen molar-refractivity contribution in [2.45, 2.75) is 71.2 Å². The monoisotopic (exact) mass is 270 g/mol. The molecule has 0 spiro atoms. The molecule has 1 saturated carbocycles. The SMILES string of the molecule is CC(C)[C@@]1(C(=O)O)CCC[C@H](OC2CCCCO2)C1. The van der Waals surface area contributed by atoms with Gasteiger partial charge in [0.2, 0.25) is 0 Å². The van der Waals surface area contributed by atoms with Crippen LogP contribution in [-0.4, -0.2) is 30.1 Å². The largest absolute Gasteiger partial charge is 0.481 e. The fourth-order valence-electron chi connectivity index (χ4n) is 3.37. The Morgan fingerprint density at radius 3 is 2.68 bits per heavy atom. The molecule has 1 unspecified atom stereocenters. The number of hydrogen-bond acceptors (Lipinski definition) is 3. The number of carboxylic acids is 1. The first kappa shape index (κ1) is 14.8. The zero-order valence-electron chi connectivity index (χ0n) is 12.1. The van der Waals surface area contributed by atoms with Crippen molar-refractivity contribution in [1.29, 1.82) is 0 Å². The lowest BCUT2D eigenvalue weighted by molar-refractivity contribution is -0.206. The lowest BCUT2D eigenvalue weighted by Crippen LogP contribution is -2.44. The normalized spacial score (nSPS) is 36.4. The molecule has 1 aliphatic carbocycles. The van der Waals surface area contributed by atoms with E-state index in [1.54, 1.807) is 0 Å².